The maximum absolute atomic E-state index is 10.2. The molecule has 6 nitrogen and oxygen atoms in total. The fourth-order valence-corrected chi connectivity index (χ4v) is 6.35. The maximum Gasteiger partial charge on any atom is 0.137 e. The van der Waals surface area contributed by atoms with E-state index in [4.69, 9.17) is 9.72 Å². The molecule has 2 aliphatic heterocycles. The Bertz CT molecular complexity index is 1460. The summed E-state index contributed by atoms with van der Waals surface area (Å²) in [7, 11) is 0. The normalized spacial score (nSPS) is 19.4. The first-order chi connectivity index (χ1) is 17.7. The summed E-state index contributed by atoms with van der Waals surface area (Å²) < 4.78 is 7.77. The van der Waals surface area contributed by atoms with E-state index in [9.17, 15) is 5.11 Å². The van der Waals surface area contributed by atoms with Gasteiger partial charge in [0.1, 0.15) is 11.4 Å². The van der Waals surface area contributed by atoms with Gasteiger partial charge in [0.25, 0.3) is 0 Å². The molecule has 0 saturated carbocycles. The van der Waals surface area contributed by atoms with E-state index in [1.54, 1.807) is 6.07 Å². The molecule has 3 aromatic heterocycles. The van der Waals surface area contributed by atoms with Crippen LogP contribution >= 0.6 is 0 Å². The highest BCUT2D eigenvalue weighted by atomic mass is 16.5. The lowest BCUT2D eigenvalue weighted by Crippen LogP contribution is -2.56. The van der Waals surface area contributed by atoms with E-state index >= 15 is 0 Å². The van der Waals surface area contributed by atoms with E-state index in [-0.39, 0.29) is 0 Å². The molecule has 4 aromatic rings. The van der Waals surface area contributed by atoms with Crippen LogP contribution in [0.25, 0.3) is 16.8 Å². The van der Waals surface area contributed by atoms with Crippen molar-refractivity contribution in [3.8, 4) is 5.75 Å². The molecule has 3 aliphatic rings. The largest absolute Gasteiger partial charge is 0.508 e. The number of ether oxygens (including phenoxy) is 1. The fraction of sp³-hybridized carbons (Fsp3) is 0.333. The number of aromatic hydroxyl groups is 1. The third-order valence-corrected chi connectivity index (χ3v) is 8.05. The average molecular weight is 479 g/mol. The Balaban J connectivity index is 1.27. The number of imidazole rings is 1. The van der Waals surface area contributed by atoms with Crippen LogP contribution in [0.15, 0.2) is 67.3 Å². The average Bonchev–Trinajstić information content (AvgIpc) is 3.47. The molecule has 0 bridgehead atoms. The lowest BCUT2D eigenvalue weighted by atomic mass is 9.79. The van der Waals surface area contributed by atoms with Crippen LogP contribution in [0.3, 0.4) is 0 Å². The lowest BCUT2D eigenvalue weighted by molar-refractivity contribution is -0.0130. The van der Waals surface area contributed by atoms with Crippen LogP contribution in [0.4, 0.5) is 0 Å². The Kier molecular flexibility index (Phi) is 5.19. The number of aromatic nitrogens is 3. The highest BCUT2D eigenvalue weighted by Gasteiger charge is 2.45. The van der Waals surface area contributed by atoms with Crippen LogP contribution in [0.1, 0.15) is 47.2 Å². The minimum atomic E-state index is 0.325. The second-order valence-electron chi connectivity index (χ2n) is 10.6. The van der Waals surface area contributed by atoms with Gasteiger partial charge in [-0.2, -0.15) is 0 Å². The van der Waals surface area contributed by atoms with Crippen molar-refractivity contribution in [2.45, 2.75) is 32.2 Å². The molecule has 2 saturated heterocycles. The van der Waals surface area contributed by atoms with E-state index in [1.807, 2.05) is 18.5 Å². The molecular weight excluding hydrogens is 448 g/mol. The van der Waals surface area contributed by atoms with Crippen molar-refractivity contribution in [3.05, 3.63) is 95.2 Å². The minimum absolute atomic E-state index is 0.325. The molecule has 1 aliphatic carbocycles. The van der Waals surface area contributed by atoms with E-state index in [0.717, 1.165) is 69.0 Å². The second-order valence-corrected chi connectivity index (χ2v) is 10.6. The van der Waals surface area contributed by atoms with Crippen LogP contribution in [-0.2, 0) is 17.7 Å². The van der Waals surface area contributed by atoms with Gasteiger partial charge in [0.2, 0.25) is 0 Å². The topological polar surface area (TPSA) is 62.9 Å². The van der Waals surface area contributed by atoms with Gasteiger partial charge in [-0.25, -0.2) is 4.98 Å². The van der Waals surface area contributed by atoms with Gasteiger partial charge in [-0.05, 0) is 95.5 Å². The summed E-state index contributed by atoms with van der Waals surface area (Å²) in [5.41, 5.74) is 9.76. The third-order valence-electron chi connectivity index (χ3n) is 8.05. The van der Waals surface area contributed by atoms with Gasteiger partial charge in [0, 0.05) is 56.4 Å². The van der Waals surface area contributed by atoms with Crippen molar-refractivity contribution in [2.75, 3.05) is 26.3 Å². The van der Waals surface area contributed by atoms with Crippen molar-refractivity contribution < 1.29 is 9.84 Å². The molecule has 6 heteroatoms. The molecule has 1 N–H and O–H groups in total. The van der Waals surface area contributed by atoms with Crippen molar-refractivity contribution >= 4 is 16.8 Å². The zero-order chi connectivity index (χ0) is 24.1. The van der Waals surface area contributed by atoms with E-state index in [1.165, 1.54) is 34.3 Å². The lowest BCUT2D eigenvalue weighted by Gasteiger charge is -2.46. The van der Waals surface area contributed by atoms with Gasteiger partial charge in [-0.1, -0.05) is 6.07 Å². The van der Waals surface area contributed by atoms with Crippen LogP contribution in [0, 0.1) is 5.41 Å². The summed E-state index contributed by atoms with van der Waals surface area (Å²) >= 11 is 0. The van der Waals surface area contributed by atoms with Gasteiger partial charge in [-0.3, -0.25) is 9.88 Å². The predicted octanol–water partition coefficient (Wildman–Crippen LogP) is 4.95. The Morgan fingerprint density at radius 1 is 1.00 bits per heavy atom. The van der Waals surface area contributed by atoms with Gasteiger partial charge >= 0.3 is 0 Å². The number of hydrogen-bond acceptors (Lipinski definition) is 5. The highest BCUT2D eigenvalue weighted by Crippen LogP contribution is 2.41. The first-order valence-corrected chi connectivity index (χ1v) is 12.9. The molecule has 0 unspecified atom stereocenters. The summed E-state index contributed by atoms with van der Waals surface area (Å²) in [4.78, 5) is 11.7. The summed E-state index contributed by atoms with van der Waals surface area (Å²) in [6, 6.07) is 14.4. The Hall–Kier alpha value is -3.48. The number of fused-ring (bicyclic) bond motifs is 2. The van der Waals surface area contributed by atoms with Gasteiger partial charge in [0.15, 0.2) is 0 Å². The number of pyridine rings is 2. The Labute approximate surface area is 210 Å². The van der Waals surface area contributed by atoms with Crippen molar-refractivity contribution in [2.24, 2.45) is 5.41 Å². The summed E-state index contributed by atoms with van der Waals surface area (Å²) in [5.74, 6) is 0.325. The molecule has 7 rings (SSSR count). The van der Waals surface area contributed by atoms with Crippen LogP contribution in [0.5, 0.6) is 5.75 Å². The van der Waals surface area contributed by atoms with Crippen LogP contribution in [-0.4, -0.2) is 50.7 Å². The maximum atomic E-state index is 10.2. The van der Waals surface area contributed by atoms with Crippen molar-refractivity contribution in [1.29, 1.82) is 0 Å². The smallest absolute Gasteiger partial charge is 0.137 e. The molecule has 1 aromatic carbocycles. The molecule has 0 atom stereocenters. The van der Waals surface area contributed by atoms with Crippen molar-refractivity contribution in [3.63, 3.8) is 0 Å². The monoisotopic (exact) mass is 478 g/mol. The number of phenols is 1. The first-order valence-electron chi connectivity index (χ1n) is 12.9. The predicted molar refractivity (Wildman–Crippen MR) is 140 cm³/mol. The van der Waals surface area contributed by atoms with Crippen LogP contribution in [0.2, 0.25) is 0 Å². The SMILES string of the molecule is Oc1ccc2c(c1)CCCC(c1ccncc1)=C2c1ccn2cc(CN3CC4(CCOC4)C3)nc2c1. The molecule has 1 spiro atoms. The number of aryl methyl sites for hydroxylation is 1. The van der Waals surface area contributed by atoms with Crippen LogP contribution < -0.4 is 0 Å². The number of likely N-dealkylation sites (tertiary alicyclic amines) is 1. The van der Waals surface area contributed by atoms with Gasteiger partial charge in [0.05, 0.1) is 12.3 Å². The minimum Gasteiger partial charge on any atom is -0.508 e. The molecule has 2 fully saturated rings. The Morgan fingerprint density at radius 3 is 2.72 bits per heavy atom. The third kappa shape index (κ3) is 3.81. The Morgan fingerprint density at radius 2 is 1.89 bits per heavy atom. The zero-order valence-corrected chi connectivity index (χ0v) is 20.4. The van der Waals surface area contributed by atoms with E-state index in [0.29, 0.717) is 11.2 Å². The molecule has 182 valence electrons. The molecule has 0 amide bonds. The first kappa shape index (κ1) is 21.8. The number of hydrogen-bond donors (Lipinski definition) is 1. The molecule has 5 heterocycles. The summed E-state index contributed by atoms with van der Waals surface area (Å²) in [5, 5.41) is 10.2. The molecule has 36 heavy (non-hydrogen) atoms. The molecular formula is C30H30N4O2. The number of allylic oxidation sites excluding steroid dienone is 1. The standard InChI is InChI=1S/C30H30N4O2/c35-25-4-5-27-22(14-25)2-1-3-26(21-6-10-31-11-7-21)29(27)23-8-12-34-17-24(32-28(34)15-23)16-33-18-30(19-33)9-13-36-20-30/h4-8,10-12,14-15,17,35H,1-3,9,13,16,18-20H2. The van der Waals surface area contributed by atoms with E-state index in [2.05, 4.69) is 57.0 Å². The van der Waals surface area contributed by atoms with E-state index < -0.39 is 0 Å². The fourth-order valence-electron chi connectivity index (χ4n) is 6.35. The summed E-state index contributed by atoms with van der Waals surface area (Å²) in [6.07, 6.45) is 12.2. The number of phenolic OH excluding ortho intramolecular Hbond substituents is 1. The number of rotatable bonds is 4. The number of benzene rings is 1. The number of nitrogens with zero attached hydrogens (tertiary/aromatic N) is 4. The highest BCUT2D eigenvalue weighted by molar-refractivity contribution is 6.00. The quantitative estimate of drug-likeness (QED) is 0.450. The molecule has 0 radical (unpaired) electrons. The van der Waals surface area contributed by atoms with Gasteiger partial charge < -0.3 is 14.2 Å². The summed E-state index contributed by atoms with van der Waals surface area (Å²) in [6.45, 7) is 4.92. The van der Waals surface area contributed by atoms with Gasteiger partial charge in [-0.15, -0.1) is 0 Å². The van der Waals surface area contributed by atoms with Crippen molar-refractivity contribution in [1.82, 2.24) is 19.3 Å². The zero-order valence-electron chi connectivity index (χ0n) is 20.4. The second kappa shape index (κ2) is 8.57.